The van der Waals surface area contributed by atoms with Crippen molar-refractivity contribution >= 4 is 17.3 Å². The number of hydrogen-bond acceptors (Lipinski definition) is 3. The Labute approximate surface area is 94.6 Å². The fourth-order valence-corrected chi connectivity index (χ4v) is 1.72. The van der Waals surface area contributed by atoms with Gasteiger partial charge in [-0.2, -0.15) is 0 Å². The second kappa shape index (κ2) is 5.70. The van der Waals surface area contributed by atoms with E-state index in [1.165, 1.54) is 0 Å². The summed E-state index contributed by atoms with van der Waals surface area (Å²) in [5.74, 6) is 0.497. The van der Waals surface area contributed by atoms with E-state index in [4.69, 9.17) is 5.73 Å². The van der Waals surface area contributed by atoms with Gasteiger partial charge in [0.1, 0.15) is 5.01 Å². The van der Waals surface area contributed by atoms with E-state index in [2.05, 4.69) is 29.1 Å². The van der Waals surface area contributed by atoms with Crippen LogP contribution in [0.3, 0.4) is 0 Å². The molecule has 1 rings (SSSR count). The number of thiazole rings is 1. The zero-order valence-electron chi connectivity index (χ0n) is 9.45. The molecule has 0 aliphatic carbocycles. The molecule has 1 aromatic heterocycles. The summed E-state index contributed by atoms with van der Waals surface area (Å²) in [6.45, 7) is 6.73. The molecule has 0 bridgehead atoms. The smallest absolute Gasteiger partial charge is 0.189 e. The topological polar surface area (TPSA) is 63.3 Å². The van der Waals surface area contributed by atoms with Crippen LogP contribution in [0.2, 0.25) is 0 Å². The Morgan fingerprint density at radius 1 is 1.73 bits per heavy atom. The van der Waals surface area contributed by atoms with Gasteiger partial charge >= 0.3 is 0 Å². The van der Waals surface area contributed by atoms with Crippen LogP contribution in [-0.2, 0) is 6.54 Å². The lowest BCUT2D eigenvalue weighted by molar-refractivity contribution is 0.636. The van der Waals surface area contributed by atoms with Crippen LogP contribution in [0, 0.1) is 6.92 Å². The van der Waals surface area contributed by atoms with Crippen LogP contribution in [0.4, 0.5) is 0 Å². The van der Waals surface area contributed by atoms with Gasteiger partial charge in [0, 0.05) is 17.1 Å². The van der Waals surface area contributed by atoms with E-state index in [9.17, 15) is 0 Å². The van der Waals surface area contributed by atoms with Crippen molar-refractivity contribution in [1.29, 1.82) is 0 Å². The molecule has 0 saturated carbocycles. The van der Waals surface area contributed by atoms with Crippen molar-refractivity contribution in [2.75, 3.05) is 0 Å². The van der Waals surface area contributed by atoms with Crippen LogP contribution in [0.25, 0.3) is 0 Å². The van der Waals surface area contributed by atoms with Gasteiger partial charge in [0.2, 0.25) is 0 Å². The van der Waals surface area contributed by atoms with E-state index in [0.29, 0.717) is 18.5 Å². The first-order valence-electron chi connectivity index (χ1n) is 5.09. The number of aromatic nitrogens is 1. The molecule has 1 unspecified atom stereocenters. The average Bonchev–Trinajstić information content (AvgIpc) is 2.61. The van der Waals surface area contributed by atoms with Gasteiger partial charge in [0.25, 0.3) is 0 Å². The van der Waals surface area contributed by atoms with Crippen molar-refractivity contribution < 1.29 is 0 Å². The van der Waals surface area contributed by atoms with E-state index in [1.54, 1.807) is 11.3 Å². The van der Waals surface area contributed by atoms with Gasteiger partial charge in [0.05, 0.1) is 6.54 Å². The number of nitrogens with two attached hydrogens (primary N) is 1. The van der Waals surface area contributed by atoms with Gasteiger partial charge in [-0.1, -0.05) is 6.92 Å². The van der Waals surface area contributed by atoms with Gasteiger partial charge in [-0.15, -0.1) is 11.3 Å². The van der Waals surface area contributed by atoms with Gasteiger partial charge in [-0.05, 0) is 20.3 Å². The maximum atomic E-state index is 5.72. The van der Waals surface area contributed by atoms with Gasteiger partial charge in [0.15, 0.2) is 5.96 Å². The number of nitrogens with zero attached hydrogens (tertiary/aromatic N) is 2. The Hall–Kier alpha value is -1.10. The quantitative estimate of drug-likeness (QED) is 0.606. The summed E-state index contributed by atoms with van der Waals surface area (Å²) in [6.07, 6.45) is 1.03. The molecule has 0 spiro atoms. The fraction of sp³-hybridized carbons (Fsp3) is 0.600. The number of guanidine groups is 1. The van der Waals surface area contributed by atoms with E-state index >= 15 is 0 Å². The maximum Gasteiger partial charge on any atom is 0.189 e. The summed E-state index contributed by atoms with van der Waals surface area (Å²) < 4.78 is 0. The Bertz CT molecular complexity index is 332. The standard InChI is InChI=1S/C10H18N4S/c1-4-7(2)14-10(11)12-5-9-13-8(3)6-15-9/h6-7H,4-5H2,1-3H3,(H3,11,12,14). The van der Waals surface area contributed by atoms with Crippen molar-refractivity contribution in [1.82, 2.24) is 10.3 Å². The molecule has 1 atom stereocenters. The van der Waals surface area contributed by atoms with Crippen molar-refractivity contribution in [3.8, 4) is 0 Å². The summed E-state index contributed by atoms with van der Waals surface area (Å²) in [5, 5.41) is 6.13. The summed E-state index contributed by atoms with van der Waals surface area (Å²) >= 11 is 1.61. The molecule has 0 fully saturated rings. The largest absolute Gasteiger partial charge is 0.370 e. The van der Waals surface area contributed by atoms with E-state index in [0.717, 1.165) is 17.1 Å². The average molecular weight is 226 g/mol. The van der Waals surface area contributed by atoms with Crippen molar-refractivity contribution in [2.45, 2.75) is 39.8 Å². The lowest BCUT2D eigenvalue weighted by Gasteiger charge is -2.11. The second-order valence-electron chi connectivity index (χ2n) is 3.54. The molecule has 0 amide bonds. The number of aryl methyl sites for hydroxylation is 1. The summed E-state index contributed by atoms with van der Waals surface area (Å²) in [6, 6.07) is 0.367. The number of aliphatic imine (C=N–C) groups is 1. The van der Waals surface area contributed by atoms with Crippen LogP contribution in [0.15, 0.2) is 10.4 Å². The molecule has 0 radical (unpaired) electrons. The molecule has 15 heavy (non-hydrogen) atoms. The fourth-order valence-electron chi connectivity index (χ4n) is 1.03. The van der Waals surface area contributed by atoms with E-state index < -0.39 is 0 Å². The highest BCUT2D eigenvalue weighted by molar-refractivity contribution is 7.09. The molecule has 0 aliphatic rings. The molecular formula is C10H18N4S. The summed E-state index contributed by atoms with van der Waals surface area (Å²) in [4.78, 5) is 8.54. The highest BCUT2D eigenvalue weighted by Gasteiger charge is 2.00. The third-order valence-electron chi connectivity index (χ3n) is 2.06. The Balaban J connectivity index is 2.43. The molecule has 0 aliphatic heterocycles. The van der Waals surface area contributed by atoms with Gasteiger partial charge in [-0.25, -0.2) is 9.98 Å². The van der Waals surface area contributed by atoms with Crippen molar-refractivity contribution in [3.63, 3.8) is 0 Å². The second-order valence-corrected chi connectivity index (χ2v) is 4.48. The normalized spacial score (nSPS) is 13.9. The molecule has 5 heteroatoms. The first-order valence-corrected chi connectivity index (χ1v) is 5.97. The van der Waals surface area contributed by atoms with Crippen molar-refractivity contribution in [2.24, 2.45) is 10.7 Å². The zero-order valence-corrected chi connectivity index (χ0v) is 10.3. The molecule has 3 N–H and O–H groups in total. The van der Waals surface area contributed by atoms with E-state index in [1.807, 2.05) is 12.3 Å². The molecule has 1 heterocycles. The first-order chi connectivity index (χ1) is 7.11. The Morgan fingerprint density at radius 2 is 2.47 bits per heavy atom. The third kappa shape index (κ3) is 4.29. The van der Waals surface area contributed by atoms with Crippen LogP contribution in [0.5, 0.6) is 0 Å². The van der Waals surface area contributed by atoms with Crippen LogP contribution in [-0.4, -0.2) is 17.0 Å². The van der Waals surface area contributed by atoms with Gasteiger partial charge < -0.3 is 11.1 Å². The molecule has 84 valence electrons. The molecular weight excluding hydrogens is 208 g/mol. The van der Waals surface area contributed by atoms with Crippen LogP contribution in [0.1, 0.15) is 31.0 Å². The predicted molar refractivity (Wildman–Crippen MR) is 65.1 cm³/mol. The van der Waals surface area contributed by atoms with E-state index in [-0.39, 0.29) is 0 Å². The number of rotatable bonds is 4. The summed E-state index contributed by atoms with van der Waals surface area (Å²) in [7, 11) is 0. The van der Waals surface area contributed by atoms with Crippen LogP contribution < -0.4 is 11.1 Å². The highest BCUT2D eigenvalue weighted by Crippen LogP contribution is 2.09. The lowest BCUT2D eigenvalue weighted by atomic mass is 10.3. The zero-order chi connectivity index (χ0) is 11.3. The number of nitrogens with one attached hydrogen (secondary N) is 1. The maximum absolute atomic E-state index is 5.72. The molecule has 4 nitrogen and oxygen atoms in total. The Morgan fingerprint density at radius 3 is 3.00 bits per heavy atom. The summed E-state index contributed by atoms with van der Waals surface area (Å²) in [5.41, 5.74) is 6.76. The minimum Gasteiger partial charge on any atom is -0.370 e. The number of hydrogen-bond donors (Lipinski definition) is 2. The van der Waals surface area contributed by atoms with Crippen LogP contribution >= 0.6 is 11.3 Å². The molecule has 0 aromatic carbocycles. The SMILES string of the molecule is CCC(C)NC(N)=NCc1nc(C)cs1. The molecule has 0 saturated heterocycles. The predicted octanol–water partition coefficient (Wildman–Crippen LogP) is 1.65. The van der Waals surface area contributed by atoms with Gasteiger partial charge in [-0.3, -0.25) is 0 Å². The monoisotopic (exact) mass is 226 g/mol. The minimum absolute atomic E-state index is 0.367. The Kier molecular flexibility index (Phi) is 4.55. The minimum atomic E-state index is 0.367. The molecule has 1 aromatic rings. The lowest BCUT2D eigenvalue weighted by Crippen LogP contribution is -2.38. The third-order valence-corrected chi connectivity index (χ3v) is 3.01. The highest BCUT2D eigenvalue weighted by atomic mass is 32.1. The first kappa shape index (κ1) is 12.0. The van der Waals surface area contributed by atoms with Crippen molar-refractivity contribution in [3.05, 3.63) is 16.1 Å².